The van der Waals surface area contributed by atoms with Crippen molar-refractivity contribution in [1.29, 1.82) is 0 Å². The van der Waals surface area contributed by atoms with Crippen LogP contribution < -0.4 is 5.73 Å². The Balaban J connectivity index is 2.60. The first kappa shape index (κ1) is 12.7. The summed E-state index contributed by atoms with van der Waals surface area (Å²) in [6.45, 7) is 6.53. The maximum Gasteiger partial charge on any atom is 0.0317 e. The van der Waals surface area contributed by atoms with Crippen molar-refractivity contribution in [2.45, 2.75) is 33.6 Å². The van der Waals surface area contributed by atoms with E-state index in [-0.39, 0.29) is 0 Å². The number of rotatable bonds is 3. The summed E-state index contributed by atoms with van der Waals surface area (Å²) in [5.74, 6) is 0. The Kier molecular flexibility index (Phi) is 3.71. The highest BCUT2D eigenvalue weighted by molar-refractivity contribution is 5.73. The minimum Gasteiger partial charge on any atom is -0.399 e. The van der Waals surface area contributed by atoms with Crippen molar-refractivity contribution >= 4 is 5.69 Å². The van der Waals surface area contributed by atoms with Crippen molar-refractivity contribution in [3.8, 4) is 11.1 Å². The van der Waals surface area contributed by atoms with Crippen LogP contribution in [0.3, 0.4) is 0 Å². The number of hydrogen-bond acceptors (Lipinski definition) is 1. The van der Waals surface area contributed by atoms with Crippen LogP contribution in [0.2, 0.25) is 0 Å². The molecule has 0 amide bonds. The monoisotopic (exact) mass is 239 g/mol. The highest BCUT2D eigenvalue weighted by atomic mass is 14.5. The van der Waals surface area contributed by atoms with Gasteiger partial charge in [-0.15, -0.1) is 0 Å². The SMILES string of the molecule is CCc1ccc(CC)c(-c2ccc(N)cc2C)c1. The molecule has 0 fully saturated rings. The lowest BCUT2D eigenvalue weighted by Crippen LogP contribution is -1.94. The Hall–Kier alpha value is -1.76. The maximum absolute atomic E-state index is 5.83. The third-order valence-electron chi connectivity index (χ3n) is 3.50. The molecule has 0 unspecified atom stereocenters. The molecule has 0 heterocycles. The number of hydrogen-bond donors (Lipinski definition) is 1. The summed E-state index contributed by atoms with van der Waals surface area (Å²) < 4.78 is 0. The highest BCUT2D eigenvalue weighted by Gasteiger charge is 2.07. The van der Waals surface area contributed by atoms with Gasteiger partial charge in [0, 0.05) is 5.69 Å². The van der Waals surface area contributed by atoms with Crippen molar-refractivity contribution in [1.82, 2.24) is 0 Å². The fraction of sp³-hybridized carbons (Fsp3) is 0.294. The fourth-order valence-corrected chi connectivity index (χ4v) is 2.39. The van der Waals surface area contributed by atoms with E-state index in [4.69, 9.17) is 5.73 Å². The summed E-state index contributed by atoms with van der Waals surface area (Å²) in [6, 6.07) is 13.0. The first-order valence-electron chi connectivity index (χ1n) is 6.64. The second-order valence-corrected chi connectivity index (χ2v) is 4.77. The van der Waals surface area contributed by atoms with Gasteiger partial charge >= 0.3 is 0 Å². The van der Waals surface area contributed by atoms with E-state index in [1.165, 1.54) is 27.8 Å². The van der Waals surface area contributed by atoms with Gasteiger partial charge in [-0.25, -0.2) is 0 Å². The Morgan fingerprint density at radius 2 is 1.67 bits per heavy atom. The number of anilines is 1. The molecule has 18 heavy (non-hydrogen) atoms. The number of benzene rings is 2. The molecular weight excluding hydrogens is 218 g/mol. The molecule has 0 aliphatic heterocycles. The van der Waals surface area contributed by atoms with Crippen LogP contribution in [0.4, 0.5) is 5.69 Å². The van der Waals surface area contributed by atoms with Gasteiger partial charge in [-0.1, -0.05) is 38.1 Å². The normalized spacial score (nSPS) is 10.6. The van der Waals surface area contributed by atoms with Crippen LogP contribution in [0.15, 0.2) is 36.4 Å². The van der Waals surface area contributed by atoms with E-state index in [2.05, 4.69) is 45.0 Å². The maximum atomic E-state index is 5.83. The van der Waals surface area contributed by atoms with Gasteiger partial charge in [-0.2, -0.15) is 0 Å². The lowest BCUT2D eigenvalue weighted by atomic mass is 9.92. The van der Waals surface area contributed by atoms with Crippen LogP contribution >= 0.6 is 0 Å². The molecule has 0 aromatic heterocycles. The lowest BCUT2D eigenvalue weighted by molar-refractivity contribution is 1.10. The van der Waals surface area contributed by atoms with Gasteiger partial charge in [0.15, 0.2) is 0 Å². The average molecular weight is 239 g/mol. The molecule has 0 spiro atoms. The topological polar surface area (TPSA) is 26.0 Å². The number of nitrogens with two attached hydrogens (primary N) is 1. The summed E-state index contributed by atoms with van der Waals surface area (Å²) in [7, 11) is 0. The molecule has 1 heteroatoms. The molecule has 2 aromatic rings. The largest absolute Gasteiger partial charge is 0.399 e. The second kappa shape index (κ2) is 5.26. The molecule has 2 N–H and O–H groups in total. The minimum absolute atomic E-state index is 0.834. The van der Waals surface area contributed by atoms with E-state index in [0.29, 0.717) is 0 Å². The van der Waals surface area contributed by atoms with E-state index in [9.17, 15) is 0 Å². The Bertz CT molecular complexity index is 556. The molecule has 0 atom stereocenters. The third kappa shape index (κ3) is 2.40. The predicted octanol–water partition coefficient (Wildman–Crippen LogP) is 4.37. The first-order valence-corrected chi connectivity index (χ1v) is 6.64. The van der Waals surface area contributed by atoms with Crippen LogP contribution in [0, 0.1) is 6.92 Å². The molecule has 2 rings (SSSR count). The molecule has 0 saturated heterocycles. The molecular formula is C17H21N. The summed E-state index contributed by atoms with van der Waals surface area (Å²) in [5, 5.41) is 0. The summed E-state index contributed by atoms with van der Waals surface area (Å²) in [6.07, 6.45) is 2.13. The second-order valence-electron chi connectivity index (χ2n) is 4.77. The van der Waals surface area contributed by atoms with Crippen molar-refractivity contribution in [3.05, 3.63) is 53.1 Å². The van der Waals surface area contributed by atoms with Gasteiger partial charge in [0.05, 0.1) is 0 Å². The van der Waals surface area contributed by atoms with Crippen molar-refractivity contribution in [2.75, 3.05) is 5.73 Å². The standard InChI is InChI=1S/C17H21N/c1-4-13-6-7-14(5-2)17(11-13)16-9-8-15(18)10-12(16)3/h6-11H,4-5,18H2,1-3H3. The quantitative estimate of drug-likeness (QED) is 0.791. The molecule has 2 aromatic carbocycles. The van der Waals surface area contributed by atoms with Crippen molar-refractivity contribution in [3.63, 3.8) is 0 Å². The molecule has 0 radical (unpaired) electrons. The molecule has 94 valence electrons. The molecule has 1 nitrogen and oxygen atoms in total. The van der Waals surface area contributed by atoms with E-state index >= 15 is 0 Å². The van der Waals surface area contributed by atoms with Crippen molar-refractivity contribution < 1.29 is 0 Å². The van der Waals surface area contributed by atoms with Gasteiger partial charge < -0.3 is 5.73 Å². The van der Waals surface area contributed by atoms with Crippen LogP contribution in [-0.2, 0) is 12.8 Å². The third-order valence-corrected chi connectivity index (χ3v) is 3.50. The Labute approximate surface area is 110 Å². The van der Waals surface area contributed by atoms with E-state index in [1.54, 1.807) is 0 Å². The number of nitrogen functional groups attached to an aromatic ring is 1. The first-order chi connectivity index (χ1) is 8.65. The Morgan fingerprint density at radius 3 is 2.28 bits per heavy atom. The summed E-state index contributed by atoms with van der Waals surface area (Å²) >= 11 is 0. The molecule has 0 aliphatic rings. The van der Waals surface area contributed by atoms with E-state index in [1.807, 2.05) is 12.1 Å². The van der Waals surface area contributed by atoms with Crippen LogP contribution in [0.1, 0.15) is 30.5 Å². The molecule has 0 aliphatic carbocycles. The predicted molar refractivity (Wildman–Crippen MR) is 79.8 cm³/mol. The van der Waals surface area contributed by atoms with Crippen LogP contribution in [-0.4, -0.2) is 0 Å². The minimum atomic E-state index is 0.834. The van der Waals surface area contributed by atoms with Crippen LogP contribution in [0.5, 0.6) is 0 Å². The zero-order valence-electron chi connectivity index (χ0n) is 11.5. The van der Waals surface area contributed by atoms with Gasteiger partial charge in [0.1, 0.15) is 0 Å². The zero-order chi connectivity index (χ0) is 13.1. The van der Waals surface area contributed by atoms with Crippen molar-refractivity contribution in [2.24, 2.45) is 0 Å². The van der Waals surface area contributed by atoms with Crippen LogP contribution in [0.25, 0.3) is 11.1 Å². The van der Waals surface area contributed by atoms with E-state index in [0.717, 1.165) is 18.5 Å². The average Bonchev–Trinajstić information content (AvgIpc) is 2.38. The summed E-state index contributed by atoms with van der Waals surface area (Å²) in [5.41, 5.74) is 13.4. The fourth-order valence-electron chi connectivity index (χ4n) is 2.39. The smallest absolute Gasteiger partial charge is 0.0317 e. The van der Waals surface area contributed by atoms with Gasteiger partial charge in [-0.3, -0.25) is 0 Å². The highest BCUT2D eigenvalue weighted by Crippen LogP contribution is 2.29. The molecule has 0 bridgehead atoms. The zero-order valence-corrected chi connectivity index (χ0v) is 11.5. The Morgan fingerprint density at radius 1 is 0.889 bits per heavy atom. The van der Waals surface area contributed by atoms with Gasteiger partial charge in [0.2, 0.25) is 0 Å². The summed E-state index contributed by atoms with van der Waals surface area (Å²) in [4.78, 5) is 0. The molecule has 0 saturated carbocycles. The number of aryl methyl sites for hydroxylation is 3. The van der Waals surface area contributed by atoms with Gasteiger partial charge in [0.25, 0.3) is 0 Å². The van der Waals surface area contributed by atoms with E-state index < -0.39 is 0 Å². The lowest BCUT2D eigenvalue weighted by Gasteiger charge is -2.13. The van der Waals surface area contributed by atoms with Gasteiger partial charge in [-0.05, 0) is 59.7 Å².